The minimum Gasteiger partial charge on any atom is -0.476 e. The van der Waals surface area contributed by atoms with Gasteiger partial charge in [0.1, 0.15) is 5.75 Å². The van der Waals surface area contributed by atoms with Crippen molar-refractivity contribution in [3.8, 4) is 5.75 Å². The Morgan fingerprint density at radius 2 is 1.71 bits per heavy atom. The molecule has 182 valence electrons. The maximum absolute atomic E-state index is 13.6. The number of carbonyl (C=O) groups excluding carboxylic acids is 2. The average Bonchev–Trinajstić information content (AvgIpc) is 2.84. The van der Waals surface area contributed by atoms with Gasteiger partial charge < -0.3 is 14.8 Å². The van der Waals surface area contributed by atoms with Crippen LogP contribution in [-0.4, -0.2) is 39.5 Å². The zero-order valence-electron chi connectivity index (χ0n) is 19.6. The third-order valence-corrected chi connectivity index (χ3v) is 7.36. The van der Waals surface area contributed by atoms with Crippen LogP contribution in [0, 0.1) is 13.8 Å². The normalized spacial score (nSPS) is 15.1. The quantitative estimate of drug-likeness (QED) is 0.518. The van der Waals surface area contributed by atoms with E-state index in [2.05, 4.69) is 5.32 Å². The monoisotopic (exact) mass is 494 g/mol. The molecule has 1 unspecified atom stereocenters. The highest BCUT2D eigenvalue weighted by molar-refractivity contribution is 7.92. The van der Waals surface area contributed by atoms with Gasteiger partial charge in [-0.25, -0.2) is 13.2 Å². The largest absolute Gasteiger partial charge is 0.476 e. The number of aryl methyl sites for hydroxylation is 2. The van der Waals surface area contributed by atoms with E-state index in [1.54, 1.807) is 73.7 Å². The number of esters is 1. The van der Waals surface area contributed by atoms with Crippen molar-refractivity contribution in [2.24, 2.45) is 0 Å². The van der Waals surface area contributed by atoms with Crippen LogP contribution in [-0.2, 0) is 19.6 Å². The number of para-hydroxylation sites is 1. The molecule has 0 saturated carbocycles. The molecule has 0 bridgehead atoms. The number of carbonyl (C=O) groups is 2. The van der Waals surface area contributed by atoms with Crippen LogP contribution in [0.25, 0.3) is 0 Å². The second-order valence-electron chi connectivity index (χ2n) is 8.18. The summed E-state index contributed by atoms with van der Waals surface area (Å²) in [5.74, 6) is -0.884. The van der Waals surface area contributed by atoms with Crippen LogP contribution in [0.3, 0.4) is 0 Å². The Balaban J connectivity index is 1.67. The highest BCUT2D eigenvalue weighted by atomic mass is 32.2. The summed E-state index contributed by atoms with van der Waals surface area (Å²) in [5, 5.41) is 2.69. The van der Waals surface area contributed by atoms with E-state index in [4.69, 9.17) is 9.47 Å². The lowest BCUT2D eigenvalue weighted by Gasteiger charge is -2.35. The van der Waals surface area contributed by atoms with Gasteiger partial charge in [-0.3, -0.25) is 9.10 Å². The number of sulfonamides is 1. The predicted molar refractivity (Wildman–Crippen MR) is 132 cm³/mol. The van der Waals surface area contributed by atoms with Crippen molar-refractivity contribution in [2.75, 3.05) is 22.8 Å². The third-order valence-electron chi connectivity index (χ3n) is 5.57. The highest BCUT2D eigenvalue weighted by Crippen LogP contribution is 2.38. The summed E-state index contributed by atoms with van der Waals surface area (Å²) in [5.41, 5.74) is 2.59. The van der Waals surface area contributed by atoms with E-state index in [-0.39, 0.29) is 35.0 Å². The number of fused-ring (bicyclic) bond motifs is 1. The van der Waals surface area contributed by atoms with Gasteiger partial charge in [-0.15, -0.1) is 0 Å². The number of ether oxygens (including phenoxy) is 2. The van der Waals surface area contributed by atoms with Crippen molar-refractivity contribution < 1.29 is 27.5 Å². The van der Waals surface area contributed by atoms with Gasteiger partial charge in [-0.1, -0.05) is 35.9 Å². The predicted octanol–water partition coefficient (Wildman–Crippen LogP) is 4.08. The molecular formula is C26H26N2O6S. The molecule has 1 N–H and O–H groups in total. The van der Waals surface area contributed by atoms with Crippen LogP contribution >= 0.6 is 0 Å². The first kappa shape index (κ1) is 24.3. The molecule has 3 aromatic rings. The Morgan fingerprint density at radius 1 is 1.03 bits per heavy atom. The van der Waals surface area contributed by atoms with Crippen molar-refractivity contribution in [3.63, 3.8) is 0 Å². The Bertz CT molecular complexity index is 1370. The van der Waals surface area contributed by atoms with E-state index in [1.807, 2.05) is 13.8 Å². The van der Waals surface area contributed by atoms with Gasteiger partial charge in [0.05, 0.1) is 35.0 Å². The average molecular weight is 495 g/mol. The maximum Gasteiger partial charge on any atom is 0.340 e. The zero-order chi connectivity index (χ0) is 25.2. The lowest BCUT2D eigenvalue weighted by molar-refractivity contribution is -0.122. The van der Waals surface area contributed by atoms with E-state index < -0.39 is 28.0 Å². The molecule has 4 rings (SSSR count). The molecule has 1 amide bonds. The Morgan fingerprint density at radius 3 is 2.43 bits per heavy atom. The number of anilines is 2. The van der Waals surface area contributed by atoms with Gasteiger partial charge in [0, 0.05) is 0 Å². The van der Waals surface area contributed by atoms with Crippen molar-refractivity contribution in [2.45, 2.75) is 31.8 Å². The fraction of sp³-hybridized carbons (Fsp3) is 0.231. The molecule has 0 aromatic heterocycles. The first-order valence-electron chi connectivity index (χ1n) is 11.1. The smallest absolute Gasteiger partial charge is 0.340 e. The number of rotatable bonds is 6. The first-order chi connectivity index (χ1) is 16.7. The molecule has 0 fully saturated rings. The van der Waals surface area contributed by atoms with E-state index >= 15 is 0 Å². The van der Waals surface area contributed by atoms with Crippen LogP contribution in [0.5, 0.6) is 5.75 Å². The van der Waals surface area contributed by atoms with Gasteiger partial charge in [0.2, 0.25) is 0 Å². The first-order valence-corrected chi connectivity index (χ1v) is 12.6. The summed E-state index contributed by atoms with van der Waals surface area (Å²) in [7, 11) is -3.98. The maximum atomic E-state index is 13.6. The number of hydrogen-bond donors (Lipinski definition) is 1. The second kappa shape index (κ2) is 9.79. The number of nitrogens with zero attached hydrogens (tertiary/aromatic N) is 1. The molecule has 1 aliphatic heterocycles. The molecule has 0 aliphatic carbocycles. The van der Waals surface area contributed by atoms with E-state index in [0.29, 0.717) is 5.69 Å². The molecule has 1 atom stereocenters. The van der Waals surface area contributed by atoms with Crippen LogP contribution < -0.4 is 14.4 Å². The summed E-state index contributed by atoms with van der Waals surface area (Å²) < 4.78 is 39.4. The molecular weight excluding hydrogens is 468 g/mol. The SMILES string of the molecule is CCOC(=O)c1ccccc1NC(=O)C1CN(S(=O)(=O)c2ccc(C)cc2)c2cc(C)ccc2O1. The molecule has 3 aromatic carbocycles. The number of amides is 1. The van der Waals surface area contributed by atoms with E-state index in [9.17, 15) is 18.0 Å². The molecule has 0 radical (unpaired) electrons. The fourth-order valence-corrected chi connectivity index (χ4v) is 5.22. The lowest BCUT2D eigenvalue weighted by Crippen LogP contribution is -2.49. The summed E-state index contributed by atoms with van der Waals surface area (Å²) in [6, 6.07) is 18.1. The van der Waals surface area contributed by atoms with Crippen molar-refractivity contribution in [1.29, 1.82) is 0 Å². The summed E-state index contributed by atoms with van der Waals surface area (Å²) in [6.45, 7) is 5.37. The van der Waals surface area contributed by atoms with Crippen LogP contribution in [0.1, 0.15) is 28.4 Å². The van der Waals surface area contributed by atoms with Crippen molar-refractivity contribution in [1.82, 2.24) is 0 Å². The third kappa shape index (κ3) is 5.00. The van der Waals surface area contributed by atoms with E-state index in [0.717, 1.165) is 11.1 Å². The molecule has 1 heterocycles. The molecule has 9 heteroatoms. The number of hydrogen-bond acceptors (Lipinski definition) is 6. The Hall–Kier alpha value is -3.85. The Labute approximate surface area is 204 Å². The minimum atomic E-state index is -3.98. The van der Waals surface area contributed by atoms with Crippen LogP contribution in [0.4, 0.5) is 11.4 Å². The van der Waals surface area contributed by atoms with E-state index in [1.165, 1.54) is 4.31 Å². The van der Waals surface area contributed by atoms with Crippen molar-refractivity contribution in [3.05, 3.63) is 83.4 Å². The molecule has 35 heavy (non-hydrogen) atoms. The van der Waals surface area contributed by atoms with Gasteiger partial charge >= 0.3 is 5.97 Å². The molecule has 1 aliphatic rings. The van der Waals surface area contributed by atoms with Crippen LogP contribution in [0.15, 0.2) is 71.6 Å². The number of nitrogens with one attached hydrogen (secondary N) is 1. The summed E-state index contributed by atoms with van der Waals surface area (Å²) in [6.07, 6.45) is -1.15. The van der Waals surface area contributed by atoms with Gasteiger partial charge in [0.15, 0.2) is 6.10 Å². The van der Waals surface area contributed by atoms with Gasteiger partial charge in [0.25, 0.3) is 15.9 Å². The minimum absolute atomic E-state index is 0.115. The standard InChI is InChI=1S/C26H26N2O6S/c1-4-33-26(30)20-7-5-6-8-21(20)27-25(29)24-16-28(22-15-18(3)11-14-23(22)34-24)35(31,32)19-12-9-17(2)10-13-19/h5-15,24H,4,16H2,1-3H3,(H,27,29). The van der Waals surface area contributed by atoms with Crippen molar-refractivity contribution >= 4 is 33.3 Å². The number of benzene rings is 3. The molecule has 0 spiro atoms. The summed E-state index contributed by atoms with van der Waals surface area (Å²) >= 11 is 0. The Kier molecular flexibility index (Phi) is 6.79. The molecule has 0 saturated heterocycles. The fourth-order valence-electron chi connectivity index (χ4n) is 3.76. The lowest BCUT2D eigenvalue weighted by atomic mass is 10.1. The highest BCUT2D eigenvalue weighted by Gasteiger charge is 2.38. The topological polar surface area (TPSA) is 102 Å². The molecule has 8 nitrogen and oxygen atoms in total. The van der Waals surface area contributed by atoms with Gasteiger partial charge in [-0.05, 0) is 62.7 Å². The zero-order valence-corrected chi connectivity index (χ0v) is 20.5. The second-order valence-corrected chi connectivity index (χ2v) is 10.0. The van der Waals surface area contributed by atoms with Crippen LogP contribution in [0.2, 0.25) is 0 Å². The van der Waals surface area contributed by atoms with Gasteiger partial charge in [-0.2, -0.15) is 0 Å². The summed E-state index contributed by atoms with van der Waals surface area (Å²) in [4.78, 5) is 25.6.